The van der Waals surface area contributed by atoms with Crippen molar-refractivity contribution in [1.82, 2.24) is 15.1 Å². The van der Waals surface area contributed by atoms with Crippen LogP contribution in [0.3, 0.4) is 0 Å². The van der Waals surface area contributed by atoms with Gasteiger partial charge in [0, 0.05) is 57.7 Å². The Labute approximate surface area is 232 Å². The number of amides is 3. The Morgan fingerprint density at radius 2 is 1.79 bits per heavy atom. The first kappa shape index (κ1) is 26.9. The topological polar surface area (TPSA) is 107 Å². The molecule has 0 radical (unpaired) electrons. The molecule has 0 bridgehead atoms. The highest BCUT2D eigenvalue weighted by molar-refractivity contribution is 8.14. The molecular weight excluding hydrogens is 516 g/mol. The van der Waals surface area contributed by atoms with Crippen LogP contribution in [0.2, 0.25) is 0 Å². The molecule has 10 nitrogen and oxygen atoms in total. The van der Waals surface area contributed by atoms with Gasteiger partial charge in [-0.15, -0.1) is 0 Å². The minimum absolute atomic E-state index is 0.00424. The molecule has 39 heavy (non-hydrogen) atoms. The Morgan fingerprint density at radius 3 is 2.56 bits per heavy atom. The van der Waals surface area contributed by atoms with Gasteiger partial charge in [0.25, 0.3) is 5.91 Å². The Balaban J connectivity index is 1.23. The van der Waals surface area contributed by atoms with Gasteiger partial charge >= 0.3 is 0 Å². The summed E-state index contributed by atoms with van der Waals surface area (Å²) in [6, 6.07) is 16.8. The first-order chi connectivity index (χ1) is 19.0. The largest absolute Gasteiger partial charge is 0.385 e. The van der Waals surface area contributed by atoms with Crippen molar-refractivity contribution in [1.29, 1.82) is 0 Å². The highest BCUT2D eigenvalue weighted by Crippen LogP contribution is 2.34. The molecular formula is C28H32N6O4S. The molecule has 3 aliphatic rings. The number of hydrogen-bond acceptors (Lipinski definition) is 8. The van der Waals surface area contributed by atoms with E-state index in [1.165, 1.54) is 16.7 Å². The summed E-state index contributed by atoms with van der Waals surface area (Å²) in [5.41, 5.74) is 2.57. The molecule has 0 saturated carbocycles. The van der Waals surface area contributed by atoms with Crippen LogP contribution in [0.25, 0.3) is 0 Å². The quantitative estimate of drug-likeness (QED) is 0.482. The third-order valence-corrected chi connectivity index (χ3v) is 7.79. The molecule has 3 amide bonds. The number of carbonyl (C=O) groups is 3. The predicted octanol–water partition coefficient (Wildman–Crippen LogP) is 2.27. The van der Waals surface area contributed by atoms with Gasteiger partial charge in [-0.25, -0.2) is 9.89 Å². The molecule has 11 heteroatoms. The summed E-state index contributed by atoms with van der Waals surface area (Å²) in [5, 5.41) is 3.25. The normalized spacial score (nSPS) is 18.3. The molecule has 1 saturated heterocycles. The number of thioether (sulfide) groups is 1. The summed E-state index contributed by atoms with van der Waals surface area (Å²) < 4.78 is 5.01. The van der Waals surface area contributed by atoms with Crippen molar-refractivity contribution >= 4 is 51.9 Å². The number of nitrogens with one attached hydrogen (secondary N) is 1. The molecule has 5 rings (SSSR count). The SMILES string of the molecule is COCCCNC(=O)CSC1=Nc2ccccc2C2=N[C@@H](CC(=O)N3CCN(c4ccccc4)CC3)C(=O)N12. The number of methoxy groups -OCH3 is 1. The third-order valence-electron chi connectivity index (χ3n) is 6.85. The number of ether oxygens (including phenoxy) is 1. The van der Waals surface area contributed by atoms with Crippen LogP contribution < -0.4 is 10.2 Å². The number of hydrogen-bond donors (Lipinski definition) is 1. The molecule has 204 valence electrons. The molecule has 0 aromatic heterocycles. The molecule has 1 atom stereocenters. The second kappa shape index (κ2) is 12.4. The predicted molar refractivity (Wildman–Crippen MR) is 153 cm³/mol. The average Bonchev–Trinajstić information content (AvgIpc) is 3.30. The second-order valence-electron chi connectivity index (χ2n) is 9.45. The summed E-state index contributed by atoms with van der Waals surface area (Å²) in [4.78, 5) is 54.0. The van der Waals surface area contributed by atoms with Gasteiger partial charge in [-0.2, -0.15) is 0 Å². The lowest BCUT2D eigenvalue weighted by molar-refractivity contribution is -0.135. The van der Waals surface area contributed by atoms with E-state index in [-0.39, 0.29) is 29.9 Å². The van der Waals surface area contributed by atoms with Gasteiger partial charge < -0.3 is 19.9 Å². The van der Waals surface area contributed by atoms with Crippen molar-refractivity contribution in [2.45, 2.75) is 18.9 Å². The van der Waals surface area contributed by atoms with Crippen LogP contribution in [0.1, 0.15) is 18.4 Å². The van der Waals surface area contributed by atoms with E-state index in [4.69, 9.17) is 9.73 Å². The van der Waals surface area contributed by atoms with Gasteiger partial charge in [0.1, 0.15) is 11.9 Å². The van der Waals surface area contributed by atoms with E-state index < -0.39 is 6.04 Å². The first-order valence-electron chi connectivity index (χ1n) is 13.1. The molecule has 1 N–H and O–H groups in total. The van der Waals surface area contributed by atoms with Crippen molar-refractivity contribution in [2.24, 2.45) is 9.98 Å². The van der Waals surface area contributed by atoms with Gasteiger partial charge in [0.05, 0.1) is 17.9 Å². The molecule has 2 aromatic rings. The summed E-state index contributed by atoms with van der Waals surface area (Å²) in [7, 11) is 1.62. The molecule has 0 unspecified atom stereocenters. The minimum Gasteiger partial charge on any atom is -0.385 e. The summed E-state index contributed by atoms with van der Waals surface area (Å²) >= 11 is 1.19. The van der Waals surface area contributed by atoms with Crippen molar-refractivity contribution in [3.05, 3.63) is 60.2 Å². The number of rotatable bonds is 9. The van der Waals surface area contributed by atoms with Crippen LogP contribution >= 0.6 is 11.8 Å². The highest BCUT2D eigenvalue weighted by atomic mass is 32.2. The number of benzene rings is 2. The van der Waals surface area contributed by atoms with Crippen molar-refractivity contribution in [3.8, 4) is 0 Å². The third kappa shape index (κ3) is 6.15. The Bertz CT molecular complexity index is 1280. The maximum Gasteiger partial charge on any atom is 0.259 e. The van der Waals surface area contributed by atoms with Crippen molar-refractivity contribution in [3.63, 3.8) is 0 Å². The van der Waals surface area contributed by atoms with E-state index in [0.717, 1.165) is 30.8 Å². The second-order valence-corrected chi connectivity index (χ2v) is 10.4. The van der Waals surface area contributed by atoms with Gasteiger partial charge in [-0.1, -0.05) is 42.1 Å². The van der Waals surface area contributed by atoms with E-state index in [0.29, 0.717) is 42.9 Å². The van der Waals surface area contributed by atoms with E-state index in [2.05, 4.69) is 27.3 Å². The molecule has 2 aromatic carbocycles. The number of carbonyl (C=O) groups excluding carboxylic acids is 3. The number of piperazine rings is 1. The van der Waals surface area contributed by atoms with Gasteiger partial charge in [0.15, 0.2) is 5.17 Å². The Hall–Kier alpha value is -3.70. The Morgan fingerprint density at radius 1 is 1.05 bits per heavy atom. The van der Waals surface area contributed by atoms with E-state index in [1.807, 2.05) is 47.4 Å². The first-order valence-corrected chi connectivity index (χ1v) is 14.1. The van der Waals surface area contributed by atoms with Crippen LogP contribution in [-0.4, -0.2) is 96.8 Å². The maximum atomic E-state index is 13.5. The summed E-state index contributed by atoms with van der Waals surface area (Å²) in [6.45, 7) is 3.76. The molecule has 3 aliphatic heterocycles. The fourth-order valence-electron chi connectivity index (χ4n) is 4.80. The molecule has 0 aliphatic carbocycles. The Kier molecular flexibility index (Phi) is 8.58. The average molecular weight is 549 g/mol. The number of anilines is 1. The zero-order chi connectivity index (χ0) is 27.2. The standard InChI is InChI=1S/C28H32N6O4S/c1-38-17-7-12-29-24(35)19-39-28-31-22-11-6-5-10-21(22)26-30-23(27(37)34(26)28)18-25(36)33-15-13-32(14-16-33)20-8-3-2-4-9-20/h2-6,8-11,23H,7,12-19H2,1H3,(H,29,35)/t23-/m0/s1. The van der Waals surface area contributed by atoms with Gasteiger partial charge in [0.2, 0.25) is 11.8 Å². The summed E-state index contributed by atoms with van der Waals surface area (Å²) in [5.74, 6) is 0.0764. The van der Waals surface area contributed by atoms with Gasteiger partial charge in [-0.05, 0) is 30.7 Å². The fraction of sp³-hybridized carbons (Fsp3) is 0.393. The lowest BCUT2D eigenvalue weighted by atomic mass is 10.1. The van der Waals surface area contributed by atoms with Crippen LogP contribution in [0, 0.1) is 0 Å². The van der Waals surface area contributed by atoms with Crippen molar-refractivity contribution < 1.29 is 19.1 Å². The zero-order valence-corrected chi connectivity index (χ0v) is 22.7. The maximum absolute atomic E-state index is 13.5. The number of para-hydroxylation sites is 2. The number of nitrogens with zero attached hydrogens (tertiary/aromatic N) is 5. The number of aliphatic imine (C=N–C) groups is 2. The fourth-order valence-corrected chi connectivity index (χ4v) is 5.64. The van der Waals surface area contributed by atoms with Crippen LogP contribution in [-0.2, 0) is 19.1 Å². The summed E-state index contributed by atoms with van der Waals surface area (Å²) in [6.07, 6.45) is 0.726. The lowest BCUT2D eigenvalue weighted by Gasteiger charge is -2.36. The van der Waals surface area contributed by atoms with E-state index in [9.17, 15) is 14.4 Å². The number of amidine groups is 2. The molecule has 1 fully saturated rings. The molecule has 3 heterocycles. The van der Waals surface area contributed by atoms with Crippen LogP contribution in [0.5, 0.6) is 0 Å². The number of fused-ring (bicyclic) bond motifs is 3. The smallest absolute Gasteiger partial charge is 0.259 e. The zero-order valence-electron chi connectivity index (χ0n) is 21.9. The van der Waals surface area contributed by atoms with Crippen LogP contribution in [0.4, 0.5) is 11.4 Å². The van der Waals surface area contributed by atoms with Crippen molar-refractivity contribution in [2.75, 3.05) is 57.1 Å². The van der Waals surface area contributed by atoms with E-state index in [1.54, 1.807) is 7.11 Å². The van der Waals surface area contributed by atoms with Crippen LogP contribution in [0.15, 0.2) is 64.6 Å². The highest BCUT2D eigenvalue weighted by Gasteiger charge is 2.42. The molecule has 0 spiro atoms. The van der Waals surface area contributed by atoms with Gasteiger partial charge in [-0.3, -0.25) is 19.4 Å². The lowest BCUT2D eigenvalue weighted by Crippen LogP contribution is -2.50. The monoisotopic (exact) mass is 548 g/mol. The minimum atomic E-state index is -0.820. The van der Waals surface area contributed by atoms with E-state index >= 15 is 0 Å².